The van der Waals surface area contributed by atoms with E-state index >= 15 is 0 Å². The Hall–Kier alpha value is -2.32. The lowest BCUT2D eigenvalue weighted by molar-refractivity contribution is -0.115. The molecule has 4 rings (SSSR count). The Balaban J connectivity index is 1.43. The number of benzene rings is 2. The highest BCUT2D eigenvalue weighted by molar-refractivity contribution is 8.01. The molecular weight excluding hydrogens is 406 g/mol. The first-order valence-corrected chi connectivity index (χ1v) is 11.9. The van der Waals surface area contributed by atoms with Crippen LogP contribution in [0.1, 0.15) is 24.0 Å². The Bertz CT molecular complexity index is 1080. The zero-order valence-electron chi connectivity index (χ0n) is 16.4. The number of hydrogen-bond acceptors (Lipinski definition) is 4. The number of amidine groups is 1. The minimum atomic E-state index is -3.75. The number of fused-ring (bicyclic) bond motifs is 1. The second-order valence-corrected chi connectivity index (χ2v) is 10.3. The van der Waals surface area contributed by atoms with E-state index < -0.39 is 10.0 Å². The van der Waals surface area contributed by atoms with Crippen LogP contribution in [0.3, 0.4) is 0 Å². The van der Waals surface area contributed by atoms with Gasteiger partial charge in [0.2, 0.25) is 5.91 Å². The van der Waals surface area contributed by atoms with Crippen molar-refractivity contribution in [3.05, 3.63) is 53.6 Å². The molecule has 0 saturated carbocycles. The third-order valence-electron chi connectivity index (χ3n) is 5.17. The molecule has 0 spiro atoms. The predicted molar refractivity (Wildman–Crippen MR) is 116 cm³/mol. The summed E-state index contributed by atoms with van der Waals surface area (Å²) in [6.07, 6.45) is 2.28. The van der Waals surface area contributed by atoms with Crippen LogP contribution in [0.2, 0.25) is 0 Å². The molecule has 0 aliphatic carbocycles. The number of sulfonamides is 1. The molecule has 1 amide bonds. The lowest BCUT2D eigenvalue weighted by Crippen LogP contribution is -2.24. The second kappa shape index (κ2) is 7.84. The average molecular weight is 430 g/mol. The summed E-state index contributed by atoms with van der Waals surface area (Å²) in [7, 11) is -1.90. The standard InChI is InChI=1S/C21H23N3O3S2/c1-14-5-6-15-13-19(28-18(15)12-14)21(25)22-16-7-9-17(10-8-16)29(26,27)23-20-4-3-11-24(20)2/h5-10,12,19H,3-4,11,13H2,1-2H3,(H,22,25)/b23-20+. The van der Waals surface area contributed by atoms with Gasteiger partial charge in [0.05, 0.1) is 10.1 Å². The molecule has 1 fully saturated rings. The molecule has 29 heavy (non-hydrogen) atoms. The molecule has 6 nitrogen and oxygen atoms in total. The lowest BCUT2D eigenvalue weighted by Gasteiger charge is -2.12. The van der Waals surface area contributed by atoms with Gasteiger partial charge in [0, 0.05) is 30.6 Å². The third kappa shape index (κ3) is 4.33. The molecular formula is C21H23N3O3S2. The van der Waals surface area contributed by atoms with E-state index in [4.69, 9.17) is 0 Å². The number of carbonyl (C=O) groups is 1. The van der Waals surface area contributed by atoms with Gasteiger partial charge < -0.3 is 10.2 Å². The van der Waals surface area contributed by atoms with E-state index in [2.05, 4.69) is 27.9 Å². The maximum absolute atomic E-state index is 12.6. The van der Waals surface area contributed by atoms with Crippen molar-refractivity contribution >= 4 is 39.2 Å². The van der Waals surface area contributed by atoms with Gasteiger partial charge in [-0.2, -0.15) is 8.42 Å². The van der Waals surface area contributed by atoms with E-state index in [1.807, 2.05) is 18.9 Å². The van der Waals surface area contributed by atoms with Gasteiger partial charge in [-0.15, -0.1) is 16.2 Å². The van der Waals surface area contributed by atoms with Gasteiger partial charge in [-0.05, 0) is 55.7 Å². The van der Waals surface area contributed by atoms with Crippen LogP contribution in [0.5, 0.6) is 0 Å². The van der Waals surface area contributed by atoms with Crippen LogP contribution >= 0.6 is 11.8 Å². The third-order valence-corrected chi connectivity index (χ3v) is 7.79. The van der Waals surface area contributed by atoms with Gasteiger partial charge in [-0.25, -0.2) is 0 Å². The van der Waals surface area contributed by atoms with Crippen LogP contribution < -0.4 is 5.32 Å². The van der Waals surface area contributed by atoms with Gasteiger partial charge in [-0.3, -0.25) is 4.79 Å². The molecule has 2 aliphatic heterocycles. The number of carbonyl (C=O) groups excluding carboxylic acids is 1. The smallest absolute Gasteiger partial charge is 0.283 e. The van der Waals surface area contributed by atoms with Crippen LogP contribution in [0.25, 0.3) is 0 Å². The van der Waals surface area contributed by atoms with Gasteiger partial charge >= 0.3 is 0 Å². The van der Waals surface area contributed by atoms with E-state index in [9.17, 15) is 13.2 Å². The van der Waals surface area contributed by atoms with Crippen LogP contribution in [0, 0.1) is 6.92 Å². The number of nitrogens with one attached hydrogen (secondary N) is 1. The molecule has 2 heterocycles. The Morgan fingerprint density at radius 3 is 2.66 bits per heavy atom. The fourth-order valence-electron chi connectivity index (χ4n) is 3.52. The first kappa shape index (κ1) is 20.0. The minimum absolute atomic E-state index is 0.0766. The molecule has 0 bridgehead atoms. The topological polar surface area (TPSA) is 78.8 Å². The molecule has 0 aromatic heterocycles. The van der Waals surface area contributed by atoms with E-state index in [1.165, 1.54) is 23.3 Å². The zero-order valence-corrected chi connectivity index (χ0v) is 18.0. The summed E-state index contributed by atoms with van der Waals surface area (Å²) < 4.78 is 29.0. The van der Waals surface area contributed by atoms with Crippen LogP contribution in [0.15, 0.2) is 56.7 Å². The van der Waals surface area contributed by atoms with Crippen molar-refractivity contribution in [1.82, 2.24) is 4.90 Å². The van der Waals surface area contributed by atoms with Crippen molar-refractivity contribution in [2.75, 3.05) is 18.9 Å². The number of nitrogens with zero attached hydrogens (tertiary/aromatic N) is 2. The number of hydrogen-bond donors (Lipinski definition) is 1. The van der Waals surface area contributed by atoms with Gasteiger partial charge in [-0.1, -0.05) is 17.7 Å². The summed E-state index contributed by atoms with van der Waals surface area (Å²) in [6.45, 7) is 2.86. The predicted octanol–water partition coefficient (Wildman–Crippen LogP) is 3.46. The van der Waals surface area contributed by atoms with Crippen molar-refractivity contribution in [2.45, 2.75) is 41.2 Å². The SMILES string of the molecule is Cc1ccc2c(c1)SC(C(=O)Nc1ccc(S(=O)(=O)/N=C3\CCCN3C)cc1)C2. The first-order chi connectivity index (χ1) is 13.8. The quantitative estimate of drug-likeness (QED) is 0.805. The zero-order chi connectivity index (χ0) is 20.6. The second-order valence-electron chi connectivity index (χ2n) is 7.44. The molecule has 1 unspecified atom stereocenters. The lowest BCUT2D eigenvalue weighted by atomic mass is 10.1. The van der Waals surface area contributed by atoms with Crippen LogP contribution in [-0.2, 0) is 21.2 Å². The molecule has 152 valence electrons. The number of rotatable bonds is 4. The highest BCUT2D eigenvalue weighted by Crippen LogP contribution is 2.38. The van der Waals surface area contributed by atoms with Crippen LogP contribution in [0.4, 0.5) is 5.69 Å². The molecule has 0 radical (unpaired) electrons. The molecule has 1 N–H and O–H groups in total. The van der Waals surface area contributed by atoms with Crippen molar-refractivity contribution in [3.8, 4) is 0 Å². The van der Waals surface area contributed by atoms with Gasteiger partial charge in [0.15, 0.2) is 0 Å². The number of thioether (sulfide) groups is 1. The molecule has 2 aliphatic rings. The molecule has 2 aromatic carbocycles. The van der Waals surface area contributed by atoms with Gasteiger partial charge in [0.25, 0.3) is 10.0 Å². The Labute approximate surface area is 175 Å². The van der Waals surface area contributed by atoms with E-state index in [1.54, 1.807) is 23.9 Å². The van der Waals surface area contributed by atoms with Crippen molar-refractivity contribution in [2.24, 2.45) is 4.40 Å². The number of amides is 1. The minimum Gasteiger partial charge on any atom is -0.362 e. The molecule has 1 saturated heterocycles. The van der Waals surface area contributed by atoms with Crippen LogP contribution in [-0.4, -0.2) is 43.9 Å². The van der Waals surface area contributed by atoms with Crippen molar-refractivity contribution in [1.29, 1.82) is 0 Å². The summed E-state index contributed by atoms with van der Waals surface area (Å²) in [5.41, 5.74) is 2.95. The molecule has 8 heteroatoms. The summed E-state index contributed by atoms with van der Waals surface area (Å²) in [5, 5.41) is 2.71. The van der Waals surface area contributed by atoms with E-state index in [0.717, 1.165) is 17.9 Å². The maximum atomic E-state index is 12.6. The highest BCUT2D eigenvalue weighted by Gasteiger charge is 2.28. The monoisotopic (exact) mass is 429 g/mol. The number of likely N-dealkylation sites (tertiary alicyclic amines) is 1. The Morgan fingerprint density at radius 1 is 1.21 bits per heavy atom. The maximum Gasteiger partial charge on any atom is 0.283 e. The Morgan fingerprint density at radius 2 is 1.97 bits per heavy atom. The fourth-order valence-corrected chi connectivity index (χ4v) is 5.90. The first-order valence-electron chi connectivity index (χ1n) is 9.54. The number of anilines is 1. The highest BCUT2D eigenvalue weighted by atomic mass is 32.2. The summed E-state index contributed by atoms with van der Waals surface area (Å²) in [5.74, 6) is 0.516. The van der Waals surface area contributed by atoms with Crippen molar-refractivity contribution in [3.63, 3.8) is 0 Å². The molecule has 2 aromatic rings. The normalized spacial score (nSPS) is 20.1. The number of aryl methyl sites for hydroxylation is 1. The van der Waals surface area contributed by atoms with E-state index in [0.29, 0.717) is 24.4 Å². The summed E-state index contributed by atoms with van der Waals surface area (Å²) >= 11 is 1.57. The fraction of sp³-hybridized carbons (Fsp3) is 0.333. The average Bonchev–Trinajstić information content (AvgIpc) is 3.28. The van der Waals surface area contributed by atoms with Gasteiger partial charge in [0.1, 0.15) is 5.84 Å². The molecule has 1 atom stereocenters. The summed E-state index contributed by atoms with van der Waals surface area (Å²) in [4.78, 5) is 15.8. The largest absolute Gasteiger partial charge is 0.362 e. The Kier molecular flexibility index (Phi) is 5.40. The summed E-state index contributed by atoms with van der Waals surface area (Å²) in [6, 6.07) is 12.4. The van der Waals surface area contributed by atoms with E-state index in [-0.39, 0.29) is 16.1 Å². The van der Waals surface area contributed by atoms with Crippen molar-refractivity contribution < 1.29 is 13.2 Å².